The number of hydrogen-bond donors (Lipinski definition) is 3. The van der Waals surface area contributed by atoms with Gasteiger partial charge in [-0.15, -0.1) is 0 Å². The molecule has 0 bridgehead atoms. The minimum atomic E-state index is -0.498. The second kappa shape index (κ2) is 24.6. The van der Waals surface area contributed by atoms with Gasteiger partial charge in [-0.2, -0.15) is 0 Å². The first kappa shape index (κ1) is 38.2. The van der Waals surface area contributed by atoms with E-state index in [1.54, 1.807) is 39.9 Å². The van der Waals surface area contributed by atoms with Crippen LogP contribution >= 0.6 is 21.6 Å². The number of pyridine rings is 1. The molecule has 0 saturated carbocycles. The van der Waals surface area contributed by atoms with Crippen LogP contribution in [-0.2, 0) is 4.79 Å². The maximum absolute atomic E-state index is 12.2. The number of nitrogens with one attached hydrogen (secondary N) is 1. The highest BCUT2D eigenvalue weighted by molar-refractivity contribution is 8.77. The predicted molar refractivity (Wildman–Crippen MR) is 189 cm³/mol. The van der Waals surface area contributed by atoms with Gasteiger partial charge in [0, 0.05) is 42.1 Å². The molecule has 8 heteroatoms. The Labute approximate surface area is 268 Å². The molecule has 6 nitrogen and oxygen atoms in total. The molecule has 0 unspecified atom stereocenters. The Bertz CT molecular complexity index is 1110. The van der Waals surface area contributed by atoms with Gasteiger partial charge in [0.2, 0.25) is 5.91 Å². The fraction of sp³-hybridized carbons (Fsp3) is 0.457. The molecule has 0 aliphatic carbocycles. The molecule has 2 amide bonds. The summed E-state index contributed by atoms with van der Waals surface area (Å²) >= 11 is 0. The van der Waals surface area contributed by atoms with Gasteiger partial charge in [0.25, 0.3) is 5.91 Å². The first-order valence-corrected chi connectivity index (χ1v) is 17.6. The van der Waals surface area contributed by atoms with E-state index >= 15 is 0 Å². The minimum absolute atomic E-state index is 0.0591. The predicted octanol–water partition coefficient (Wildman–Crippen LogP) is 7.98. The molecule has 0 aliphatic heterocycles. The molecule has 1 rings (SSSR count). The van der Waals surface area contributed by atoms with Crippen LogP contribution < -0.4 is 16.8 Å². The molecule has 5 N–H and O–H groups in total. The monoisotopic (exact) mass is 624 g/mol. The lowest BCUT2D eigenvalue weighted by Crippen LogP contribution is -2.34. The lowest BCUT2D eigenvalue weighted by Gasteiger charge is -2.32. The number of carbonyl (C=O) groups is 2. The van der Waals surface area contributed by atoms with Gasteiger partial charge < -0.3 is 16.8 Å². The second-order valence-corrected chi connectivity index (χ2v) is 13.5. The number of rotatable bonds is 23. The molecule has 236 valence electrons. The molecule has 0 aliphatic rings. The highest BCUT2D eigenvalue weighted by atomic mass is 33.1. The van der Waals surface area contributed by atoms with Crippen LogP contribution in [0.4, 0.5) is 0 Å². The third-order valence-electron chi connectivity index (χ3n) is 6.42. The van der Waals surface area contributed by atoms with Gasteiger partial charge >= 0.3 is 0 Å². The van der Waals surface area contributed by atoms with E-state index in [9.17, 15) is 9.59 Å². The van der Waals surface area contributed by atoms with Crippen molar-refractivity contribution in [2.24, 2.45) is 11.5 Å². The summed E-state index contributed by atoms with van der Waals surface area (Å²) in [6, 6.07) is 3.40. The number of amides is 2. The van der Waals surface area contributed by atoms with Gasteiger partial charge in [0.1, 0.15) is 0 Å². The third-order valence-corrected chi connectivity index (χ3v) is 9.77. The summed E-state index contributed by atoms with van der Waals surface area (Å²) < 4.78 is -0.280. The van der Waals surface area contributed by atoms with Gasteiger partial charge in [0.15, 0.2) is 0 Å². The fourth-order valence-electron chi connectivity index (χ4n) is 4.05. The van der Waals surface area contributed by atoms with Crippen molar-refractivity contribution in [3.8, 4) is 0 Å². The highest BCUT2D eigenvalue weighted by Gasteiger charge is 2.34. The van der Waals surface area contributed by atoms with E-state index < -0.39 is 5.91 Å². The summed E-state index contributed by atoms with van der Waals surface area (Å²) in [5.41, 5.74) is 12.7. The summed E-state index contributed by atoms with van der Waals surface area (Å²) in [7, 11) is 3.36. The Morgan fingerprint density at radius 3 is 1.95 bits per heavy atom. The molecule has 1 heterocycles. The summed E-state index contributed by atoms with van der Waals surface area (Å²) in [6.07, 6.45) is 34.9. The lowest BCUT2D eigenvalue weighted by molar-refractivity contribution is -0.120. The number of carbonyl (C=O) groups excluding carboxylic acids is 2. The number of nitrogens with zero attached hydrogens (tertiary/aromatic N) is 1. The van der Waals surface area contributed by atoms with Crippen LogP contribution in [0.25, 0.3) is 0 Å². The highest BCUT2D eigenvalue weighted by Crippen LogP contribution is 2.44. The van der Waals surface area contributed by atoms with Crippen molar-refractivity contribution in [2.45, 2.75) is 82.8 Å². The van der Waals surface area contributed by atoms with Gasteiger partial charge in [-0.3, -0.25) is 14.6 Å². The molecular weight excluding hydrogens is 573 g/mol. The quantitative estimate of drug-likeness (QED) is 0.0647. The molecule has 1 aromatic rings. The van der Waals surface area contributed by atoms with E-state index in [-0.39, 0.29) is 16.6 Å². The van der Waals surface area contributed by atoms with Crippen molar-refractivity contribution in [1.82, 2.24) is 10.3 Å². The van der Waals surface area contributed by atoms with E-state index in [4.69, 9.17) is 11.5 Å². The zero-order valence-electron chi connectivity index (χ0n) is 26.3. The minimum Gasteiger partial charge on any atom is -0.366 e. The lowest BCUT2D eigenvalue weighted by atomic mass is 9.88. The normalized spacial score (nSPS) is 13.5. The Kier molecular flexibility index (Phi) is 21.9. The largest absolute Gasteiger partial charge is 0.366 e. The molecule has 1 atom stereocenters. The Balaban J connectivity index is 2.15. The average Bonchev–Trinajstić information content (AvgIpc) is 2.98. The van der Waals surface area contributed by atoms with Crippen molar-refractivity contribution in [3.05, 3.63) is 102 Å². The fourth-order valence-corrected chi connectivity index (χ4v) is 6.71. The average molecular weight is 625 g/mol. The smallest absolute Gasteiger partial charge is 0.250 e. The van der Waals surface area contributed by atoms with Gasteiger partial charge in [0.05, 0.1) is 11.3 Å². The summed E-state index contributed by atoms with van der Waals surface area (Å²) in [6.45, 7) is 7.28. The molecule has 0 saturated heterocycles. The van der Waals surface area contributed by atoms with Crippen molar-refractivity contribution in [2.75, 3.05) is 18.8 Å². The van der Waals surface area contributed by atoms with Crippen molar-refractivity contribution in [1.29, 1.82) is 0 Å². The summed E-state index contributed by atoms with van der Waals surface area (Å²) in [5.74, 6) is 0.192. The zero-order valence-corrected chi connectivity index (χ0v) is 27.9. The second-order valence-electron chi connectivity index (χ2n) is 10.4. The van der Waals surface area contributed by atoms with Crippen LogP contribution in [0.3, 0.4) is 0 Å². The molecule has 0 aromatic carbocycles. The van der Waals surface area contributed by atoms with Crippen molar-refractivity contribution >= 4 is 33.4 Å². The Morgan fingerprint density at radius 1 is 0.907 bits per heavy atom. The van der Waals surface area contributed by atoms with E-state index in [0.29, 0.717) is 30.8 Å². The molecule has 0 fully saturated rings. The maximum Gasteiger partial charge on any atom is 0.250 e. The summed E-state index contributed by atoms with van der Waals surface area (Å²) in [5, 5.41) is 2.99. The van der Waals surface area contributed by atoms with E-state index in [2.05, 4.69) is 104 Å². The van der Waals surface area contributed by atoms with E-state index in [0.717, 1.165) is 50.7 Å². The topological polar surface area (TPSA) is 111 Å². The molecule has 43 heavy (non-hydrogen) atoms. The Hall–Kier alpha value is -2.81. The Morgan fingerprint density at radius 2 is 1.44 bits per heavy atom. The number of aromatic nitrogens is 1. The van der Waals surface area contributed by atoms with Gasteiger partial charge in [-0.05, 0) is 70.9 Å². The zero-order chi connectivity index (χ0) is 31.6. The number of nitrogens with two attached hydrogens (primary N) is 2. The van der Waals surface area contributed by atoms with E-state index in [1.807, 2.05) is 0 Å². The van der Waals surface area contributed by atoms with Crippen LogP contribution in [0.15, 0.2) is 91.2 Å². The molecular formula is C35H52N4O2S2. The van der Waals surface area contributed by atoms with Crippen LogP contribution in [0, 0.1) is 0 Å². The number of hydrogen-bond acceptors (Lipinski definition) is 6. The molecule has 1 aromatic heterocycles. The van der Waals surface area contributed by atoms with Crippen molar-refractivity contribution < 1.29 is 9.59 Å². The number of primary amides is 1. The van der Waals surface area contributed by atoms with Gasteiger partial charge in [-0.1, -0.05) is 101 Å². The van der Waals surface area contributed by atoms with Crippen LogP contribution in [-0.4, -0.2) is 40.4 Å². The number of allylic oxidation sites excluding steroid dienone is 12. The molecule has 0 spiro atoms. The van der Waals surface area contributed by atoms with Gasteiger partial charge in [-0.25, -0.2) is 0 Å². The standard InChI is InChI=1S/C35H52N4O2S2/c1-4-5-6-7-8-9-10-11-12-13-14-15-16-17-18-19-20-21-22-25-32(40)38-27-28-42-43-35(2,3)31(29-36)33-30(34(37)41)24-23-26-39-33/h5-6,8-9,11-12,14-15,17-18,20-21,23-24,26,31H,4,7,10,13,16,19,22,25,27-29,36H2,1-3H3,(H2,37,41)(H,38,40)/b6-5-,9-8-,12-11-,15-14-,18-17-,21-20-/t31-/m1/s1. The van der Waals surface area contributed by atoms with Crippen LogP contribution in [0.1, 0.15) is 94.1 Å². The SMILES string of the molecule is CC/C=C\C/C=C\C/C=C\C/C=C\C/C=C\C/C=C\CCC(=O)NCCSSC(C)(C)[C@H](CN)c1ncccc1C(N)=O. The van der Waals surface area contributed by atoms with Crippen LogP contribution in [0.5, 0.6) is 0 Å². The summed E-state index contributed by atoms with van der Waals surface area (Å²) in [4.78, 5) is 28.4. The third kappa shape index (κ3) is 18.5. The maximum atomic E-state index is 12.2. The first-order valence-electron chi connectivity index (χ1n) is 15.3. The van der Waals surface area contributed by atoms with Crippen LogP contribution in [0.2, 0.25) is 0 Å². The molecule has 0 radical (unpaired) electrons. The first-order chi connectivity index (χ1) is 20.8. The van der Waals surface area contributed by atoms with Crippen molar-refractivity contribution in [3.63, 3.8) is 0 Å². The van der Waals surface area contributed by atoms with E-state index in [1.165, 1.54) is 0 Å².